The molecule has 5 rings (SSSR count). The standard InChI is InChI=1S/C27H25ClN2O2/c1-32-22-10-4-7-19(15-22)17-30-25-12-3-2-11-23(25)24-18-29(14-6-13-26(24)30)27(31)20-8-5-9-21(28)16-20/h2-5,7-12,15-16H,6,13-14,17-18H2,1H3. The molecule has 0 radical (unpaired) electrons. The maximum Gasteiger partial charge on any atom is 0.254 e. The van der Waals surface area contributed by atoms with Gasteiger partial charge in [0, 0.05) is 52.4 Å². The fourth-order valence-corrected chi connectivity index (χ4v) is 4.90. The van der Waals surface area contributed by atoms with Crippen molar-refractivity contribution in [2.75, 3.05) is 13.7 Å². The lowest BCUT2D eigenvalue weighted by Crippen LogP contribution is -2.30. The number of ether oxygens (including phenoxy) is 1. The Bertz CT molecular complexity index is 1290. The lowest BCUT2D eigenvalue weighted by molar-refractivity contribution is 0.0746. The van der Waals surface area contributed by atoms with E-state index in [1.165, 1.54) is 27.7 Å². The number of carbonyl (C=O) groups excluding carboxylic acids is 1. The fraction of sp³-hybridized carbons (Fsp3) is 0.222. The minimum Gasteiger partial charge on any atom is -0.497 e. The summed E-state index contributed by atoms with van der Waals surface area (Å²) in [6.45, 7) is 2.11. The summed E-state index contributed by atoms with van der Waals surface area (Å²) in [5, 5.41) is 1.80. The first kappa shape index (κ1) is 20.7. The lowest BCUT2D eigenvalue weighted by Gasteiger charge is -2.21. The van der Waals surface area contributed by atoms with Crippen LogP contribution >= 0.6 is 11.6 Å². The van der Waals surface area contributed by atoms with Crippen molar-refractivity contribution < 1.29 is 9.53 Å². The van der Waals surface area contributed by atoms with Crippen molar-refractivity contribution in [1.82, 2.24) is 9.47 Å². The summed E-state index contributed by atoms with van der Waals surface area (Å²) in [7, 11) is 1.70. The van der Waals surface area contributed by atoms with Gasteiger partial charge in [-0.05, 0) is 54.8 Å². The molecule has 32 heavy (non-hydrogen) atoms. The highest BCUT2D eigenvalue weighted by molar-refractivity contribution is 6.30. The van der Waals surface area contributed by atoms with E-state index in [9.17, 15) is 4.79 Å². The smallest absolute Gasteiger partial charge is 0.254 e. The fourth-order valence-electron chi connectivity index (χ4n) is 4.71. The molecule has 1 aromatic heterocycles. The Morgan fingerprint density at radius 1 is 1.03 bits per heavy atom. The second-order valence-corrected chi connectivity index (χ2v) is 8.66. The number of carbonyl (C=O) groups is 1. The second kappa shape index (κ2) is 8.71. The van der Waals surface area contributed by atoms with Crippen LogP contribution in [0.3, 0.4) is 0 Å². The Balaban J connectivity index is 1.54. The van der Waals surface area contributed by atoms with Crippen molar-refractivity contribution >= 4 is 28.4 Å². The molecule has 0 atom stereocenters. The Morgan fingerprint density at radius 2 is 1.88 bits per heavy atom. The largest absolute Gasteiger partial charge is 0.497 e. The zero-order valence-corrected chi connectivity index (χ0v) is 18.8. The minimum atomic E-state index is 0.0324. The van der Waals surface area contributed by atoms with Gasteiger partial charge in [-0.15, -0.1) is 0 Å². The first-order valence-corrected chi connectivity index (χ1v) is 11.3. The zero-order valence-electron chi connectivity index (χ0n) is 18.1. The van der Waals surface area contributed by atoms with Gasteiger partial charge in [-0.2, -0.15) is 0 Å². The summed E-state index contributed by atoms with van der Waals surface area (Å²) in [6.07, 6.45) is 1.86. The number of benzene rings is 3. The zero-order chi connectivity index (χ0) is 22.1. The molecule has 3 aromatic carbocycles. The van der Waals surface area contributed by atoms with Crippen LogP contribution in [0.15, 0.2) is 72.8 Å². The summed E-state index contributed by atoms with van der Waals surface area (Å²) in [5.74, 6) is 0.897. The third-order valence-electron chi connectivity index (χ3n) is 6.22. The van der Waals surface area contributed by atoms with Gasteiger partial charge in [0.05, 0.1) is 7.11 Å². The monoisotopic (exact) mass is 444 g/mol. The number of amides is 1. The topological polar surface area (TPSA) is 34.5 Å². The van der Waals surface area contributed by atoms with Gasteiger partial charge in [0.2, 0.25) is 0 Å². The number of rotatable bonds is 4. The number of methoxy groups -OCH3 is 1. The van der Waals surface area contributed by atoms with Gasteiger partial charge in [-0.25, -0.2) is 0 Å². The van der Waals surface area contributed by atoms with Crippen LogP contribution in [0, 0.1) is 0 Å². The molecular formula is C27H25ClN2O2. The molecular weight excluding hydrogens is 420 g/mol. The average molecular weight is 445 g/mol. The molecule has 5 heteroatoms. The van der Waals surface area contributed by atoms with E-state index in [4.69, 9.17) is 16.3 Å². The van der Waals surface area contributed by atoms with Crippen molar-refractivity contribution in [3.63, 3.8) is 0 Å². The number of aromatic nitrogens is 1. The van der Waals surface area contributed by atoms with E-state index < -0.39 is 0 Å². The molecule has 1 aliphatic heterocycles. The van der Waals surface area contributed by atoms with Crippen LogP contribution in [0.4, 0.5) is 0 Å². The normalized spacial score (nSPS) is 13.6. The predicted molar refractivity (Wildman–Crippen MR) is 129 cm³/mol. The van der Waals surface area contributed by atoms with Crippen LogP contribution in [0.5, 0.6) is 5.75 Å². The molecule has 0 saturated carbocycles. The molecule has 162 valence electrons. The number of hydrogen-bond acceptors (Lipinski definition) is 2. The molecule has 1 aliphatic rings. The van der Waals surface area contributed by atoms with Gasteiger partial charge in [-0.1, -0.05) is 48.0 Å². The lowest BCUT2D eigenvalue weighted by atomic mass is 10.1. The van der Waals surface area contributed by atoms with Crippen LogP contribution < -0.4 is 4.74 Å². The Morgan fingerprint density at radius 3 is 2.72 bits per heavy atom. The quantitative estimate of drug-likeness (QED) is 0.390. The van der Waals surface area contributed by atoms with Crippen LogP contribution in [0.25, 0.3) is 10.9 Å². The van der Waals surface area contributed by atoms with Crippen LogP contribution in [-0.4, -0.2) is 29.0 Å². The number of halogens is 1. The van der Waals surface area contributed by atoms with Crippen molar-refractivity contribution in [2.24, 2.45) is 0 Å². The molecule has 4 aromatic rings. The number of fused-ring (bicyclic) bond motifs is 3. The predicted octanol–water partition coefficient (Wildman–Crippen LogP) is 5.94. The SMILES string of the molecule is COc1cccc(Cn2c3c(c4ccccc42)CN(C(=O)c2cccc(Cl)c2)CCC3)c1. The molecule has 4 nitrogen and oxygen atoms in total. The van der Waals surface area contributed by atoms with Gasteiger partial charge in [0.25, 0.3) is 5.91 Å². The third kappa shape index (κ3) is 3.87. The van der Waals surface area contributed by atoms with E-state index in [2.05, 4.69) is 41.0 Å². The van der Waals surface area contributed by atoms with Gasteiger partial charge in [-0.3, -0.25) is 4.79 Å². The molecule has 2 heterocycles. The maximum atomic E-state index is 13.3. The van der Waals surface area contributed by atoms with Gasteiger partial charge >= 0.3 is 0 Å². The van der Waals surface area contributed by atoms with Gasteiger partial charge < -0.3 is 14.2 Å². The van der Waals surface area contributed by atoms with Crippen LogP contribution in [0.2, 0.25) is 5.02 Å². The van der Waals surface area contributed by atoms with E-state index in [0.717, 1.165) is 31.7 Å². The van der Waals surface area contributed by atoms with E-state index in [0.29, 0.717) is 17.1 Å². The number of para-hydroxylation sites is 1. The second-order valence-electron chi connectivity index (χ2n) is 8.22. The van der Waals surface area contributed by atoms with E-state index in [1.54, 1.807) is 19.2 Å². The van der Waals surface area contributed by atoms with Crippen molar-refractivity contribution in [2.45, 2.75) is 25.9 Å². The highest BCUT2D eigenvalue weighted by Crippen LogP contribution is 2.32. The third-order valence-corrected chi connectivity index (χ3v) is 6.45. The average Bonchev–Trinajstić information content (AvgIpc) is 2.96. The van der Waals surface area contributed by atoms with Crippen LogP contribution in [0.1, 0.15) is 33.6 Å². The van der Waals surface area contributed by atoms with E-state index in [-0.39, 0.29) is 5.91 Å². The summed E-state index contributed by atoms with van der Waals surface area (Å²) in [6, 6.07) is 23.9. The van der Waals surface area contributed by atoms with Gasteiger partial charge in [0.15, 0.2) is 0 Å². The first-order chi connectivity index (χ1) is 15.6. The molecule has 0 spiro atoms. The Kier molecular flexibility index (Phi) is 5.62. The van der Waals surface area contributed by atoms with Crippen LogP contribution in [-0.2, 0) is 19.5 Å². The summed E-state index contributed by atoms with van der Waals surface area (Å²) >= 11 is 6.14. The maximum absolute atomic E-state index is 13.3. The first-order valence-electron chi connectivity index (χ1n) is 10.9. The summed E-state index contributed by atoms with van der Waals surface area (Å²) < 4.78 is 7.83. The molecule has 1 amide bonds. The number of nitrogens with zero attached hydrogens (tertiary/aromatic N) is 2. The molecule has 0 saturated heterocycles. The summed E-state index contributed by atoms with van der Waals surface area (Å²) in [5.41, 5.74) is 5.61. The molecule has 0 bridgehead atoms. The molecule has 0 fully saturated rings. The Labute approximate surface area is 193 Å². The van der Waals surface area contributed by atoms with E-state index in [1.807, 2.05) is 29.2 Å². The van der Waals surface area contributed by atoms with Gasteiger partial charge in [0.1, 0.15) is 5.75 Å². The Hall–Kier alpha value is -3.24. The van der Waals surface area contributed by atoms with Crippen molar-refractivity contribution in [3.05, 3.63) is 100 Å². The molecule has 0 N–H and O–H groups in total. The molecule has 0 aliphatic carbocycles. The minimum absolute atomic E-state index is 0.0324. The number of hydrogen-bond donors (Lipinski definition) is 0. The van der Waals surface area contributed by atoms with E-state index >= 15 is 0 Å². The van der Waals surface area contributed by atoms with Crippen molar-refractivity contribution in [1.29, 1.82) is 0 Å². The summed E-state index contributed by atoms with van der Waals surface area (Å²) in [4.78, 5) is 15.2. The molecule has 0 unspecified atom stereocenters. The van der Waals surface area contributed by atoms with Crippen molar-refractivity contribution in [3.8, 4) is 5.75 Å². The highest BCUT2D eigenvalue weighted by Gasteiger charge is 2.25. The highest BCUT2D eigenvalue weighted by atomic mass is 35.5.